The highest BCUT2D eigenvalue weighted by Crippen LogP contribution is 2.27. The summed E-state index contributed by atoms with van der Waals surface area (Å²) in [5.74, 6) is 0.685. The second-order valence-electron chi connectivity index (χ2n) is 4.50. The van der Waals surface area contributed by atoms with Gasteiger partial charge in [-0.25, -0.2) is 0 Å². The number of carbonyl (C=O) groups is 2. The van der Waals surface area contributed by atoms with Crippen LogP contribution in [0.4, 0.5) is 0 Å². The maximum atomic E-state index is 11.6. The minimum atomic E-state index is -0.0238. The third-order valence-electron chi connectivity index (χ3n) is 2.84. The molecule has 0 aromatic carbocycles. The number of nitrogens with one attached hydrogen (secondary N) is 2. The van der Waals surface area contributed by atoms with Gasteiger partial charge in [-0.05, 0) is 32.2 Å². The summed E-state index contributed by atoms with van der Waals surface area (Å²) in [7, 11) is 0. The summed E-state index contributed by atoms with van der Waals surface area (Å²) < 4.78 is 0. The van der Waals surface area contributed by atoms with E-state index in [0.29, 0.717) is 32.1 Å². The van der Waals surface area contributed by atoms with Gasteiger partial charge in [-0.15, -0.1) is 0 Å². The molecule has 0 bridgehead atoms. The molecule has 0 radical (unpaired) electrons. The first-order chi connectivity index (χ1) is 8.15. The lowest BCUT2D eigenvalue weighted by Gasteiger charge is -2.19. The van der Waals surface area contributed by atoms with Crippen LogP contribution in [0.3, 0.4) is 0 Å². The van der Waals surface area contributed by atoms with Crippen LogP contribution < -0.4 is 10.6 Å². The van der Waals surface area contributed by atoms with E-state index in [4.69, 9.17) is 0 Å². The van der Waals surface area contributed by atoms with E-state index in [-0.39, 0.29) is 11.8 Å². The van der Waals surface area contributed by atoms with Gasteiger partial charge in [0.25, 0.3) is 0 Å². The first kappa shape index (κ1) is 14.0. The topological polar surface area (TPSA) is 61.4 Å². The molecule has 1 saturated carbocycles. The van der Waals surface area contributed by atoms with Crippen LogP contribution >= 0.6 is 0 Å². The van der Waals surface area contributed by atoms with E-state index in [1.165, 1.54) is 12.8 Å². The summed E-state index contributed by atoms with van der Waals surface area (Å²) in [6, 6.07) is 0. The van der Waals surface area contributed by atoms with Crippen LogP contribution in [-0.2, 0) is 9.59 Å². The molecule has 0 saturated heterocycles. The Balaban J connectivity index is 2.19. The van der Waals surface area contributed by atoms with Crippen molar-refractivity contribution in [3.8, 4) is 0 Å². The predicted octanol–water partition coefficient (Wildman–Crippen LogP) is -0.0294. The van der Waals surface area contributed by atoms with E-state index in [1.54, 1.807) is 0 Å². The fourth-order valence-electron chi connectivity index (χ4n) is 1.57. The van der Waals surface area contributed by atoms with Crippen LogP contribution in [0.25, 0.3) is 0 Å². The molecule has 0 spiro atoms. The van der Waals surface area contributed by atoms with Crippen molar-refractivity contribution in [2.45, 2.75) is 26.7 Å². The largest absolute Gasteiger partial charge is 0.355 e. The molecule has 0 unspecified atom stereocenters. The number of hydrogen-bond acceptors (Lipinski definition) is 3. The van der Waals surface area contributed by atoms with Crippen LogP contribution in [0.2, 0.25) is 0 Å². The third-order valence-corrected chi connectivity index (χ3v) is 2.84. The average molecular weight is 241 g/mol. The van der Waals surface area contributed by atoms with Gasteiger partial charge in [-0.3, -0.25) is 14.5 Å². The van der Waals surface area contributed by atoms with E-state index < -0.39 is 0 Å². The summed E-state index contributed by atoms with van der Waals surface area (Å²) in [6.07, 6.45) is 2.47. The van der Waals surface area contributed by atoms with Gasteiger partial charge in [0, 0.05) is 13.1 Å². The number of nitrogens with zero attached hydrogens (tertiary/aromatic N) is 1. The first-order valence-corrected chi connectivity index (χ1v) is 6.41. The Bertz CT molecular complexity index is 264. The molecule has 5 heteroatoms. The summed E-state index contributed by atoms with van der Waals surface area (Å²) in [5.41, 5.74) is 0. The van der Waals surface area contributed by atoms with Gasteiger partial charge < -0.3 is 10.6 Å². The Kier molecular flexibility index (Phi) is 5.97. The minimum absolute atomic E-state index is 0.0167. The molecule has 1 aliphatic rings. The smallest absolute Gasteiger partial charge is 0.234 e. The number of rotatable bonds is 8. The summed E-state index contributed by atoms with van der Waals surface area (Å²) in [6.45, 7) is 6.56. The predicted molar refractivity (Wildman–Crippen MR) is 66.5 cm³/mol. The standard InChI is InChI=1S/C12H23N3O2/c1-3-13-11(16)8-15(4-2)9-12(17)14-7-10-5-6-10/h10H,3-9H2,1-2H3,(H,13,16)(H,14,17). The lowest BCUT2D eigenvalue weighted by molar-refractivity contribution is -0.125. The first-order valence-electron chi connectivity index (χ1n) is 6.41. The maximum absolute atomic E-state index is 11.6. The average Bonchev–Trinajstić information content (AvgIpc) is 3.09. The molecule has 0 aromatic rings. The molecule has 1 fully saturated rings. The molecule has 0 atom stereocenters. The zero-order valence-electron chi connectivity index (χ0n) is 10.8. The van der Waals surface area contributed by atoms with E-state index in [0.717, 1.165) is 6.54 Å². The van der Waals surface area contributed by atoms with Crippen molar-refractivity contribution in [1.82, 2.24) is 15.5 Å². The molecule has 2 amide bonds. The monoisotopic (exact) mass is 241 g/mol. The Morgan fingerprint density at radius 2 is 1.71 bits per heavy atom. The highest BCUT2D eigenvalue weighted by atomic mass is 16.2. The lowest BCUT2D eigenvalue weighted by Crippen LogP contribution is -2.43. The van der Waals surface area contributed by atoms with Crippen LogP contribution in [-0.4, -0.2) is 49.4 Å². The fourth-order valence-corrected chi connectivity index (χ4v) is 1.57. The van der Waals surface area contributed by atoms with Gasteiger partial charge in [0.15, 0.2) is 0 Å². The van der Waals surface area contributed by atoms with Crippen LogP contribution in [0.15, 0.2) is 0 Å². The SMILES string of the molecule is CCNC(=O)CN(CC)CC(=O)NCC1CC1. The van der Waals surface area contributed by atoms with Gasteiger partial charge in [-0.1, -0.05) is 6.92 Å². The summed E-state index contributed by atoms with van der Waals surface area (Å²) >= 11 is 0. The number of amides is 2. The zero-order valence-corrected chi connectivity index (χ0v) is 10.8. The minimum Gasteiger partial charge on any atom is -0.355 e. The summed E-state index contributed by atoms with van der Waals surface area (Å²) in [5, 5.41) is 5.63. The highest BCUT2D eigenvalue weighted by molar-refractivity contribution is 5.81. The van der Waals surface area contributed by atoms with Crippen LogP contribution in [0.1, 0.15) is 26.7 Å². The Morgan fingerprint density at radius 3 is 2.18 bits per heavy atom. The van der Waals surface area contributed by atoms with Crippen LogP contribution in [0, 0.1) is 5.92 Å². The van der Waals surface area contributed by atoms with E-state index >= 15 is 0 Å². The van der Waals surface area contributed by atoms with Crippen molar-refractivity contribution >= 4 is 11.8 Å². The van der Waals surface area contributed by atoms with Crippen molar-refractivity contribution in [2.75, 3.05) is 32.7 Å². The molecular weight excluding hydrogens is 218 g/mol. The maximum Gasteiger partial charge on any atom is 0.234 e. The number of hydrogen-bond donors (Lipinski definition) is 2. The third kappa shape index (κ3) is 6.26. The van der Waals surface area contributed by atoms with Crippen molar-refractivity contribution in [1.29, 1.82) is 0 Å². The van der Waals surface area contributed by atoms with Crippen molar-refractivity contribution in [3.63, 3.8) is 0 Å². The van der Waals surface area contributed by atoms with Crippen LogP contribution in [0.5, 0.6) is 0 Å². The lowest BCUT2D eigenvalue weighted by atomic mass is 10.4. The van der Waals surface area contributed by atoms with Gasteiger partial charge in [0.2, 0.25) is 11.8 Å². The van der Waals surface area contributed by atoms with Gasteiger partial charge >= 0.3 is 0 Å². The molecule has 0 aliphatic heterocycles. The molecular formula is C12H23N3O2. The Labute approximate surface area is 103 Å². The van der Waals surface area contributed by atoms with E-state index in [1.807, 2.05) is 18.7 Å². The number of likely N-dealkylation sites (N-methyl/N-ethyl adjacent to an activating group) is 2. The molecule has 17 heavy (non-hydrogen) atoms. The molecule has 1 aliphatic carbocycles. The van der Waals surface area contributed by atoms with Crippen molar-refractivity contribution in [3.05, 3.63) is 0 Å². The quantitative estimate of drug-likeness (QED) is 0.627. The Hall–Kier alpha value is -1.10. The molecule has 1 rings (SSSR count). The van der Waals surface area contributed by atoms with Gasteiger partial charge in [0.1, 0.15) is 0 Å². The van der Waals surface area contributed by atoms with Gasteiger partial charge in [0.05, 0.1) is 13.1 Å². The zero-order chi connectivity index (χ0) is 12.7. The molecule has 0 heterocycles. The van der Waals surface area contributed by atoms with E-state index in [9.17, 15) is 9.59 Å². The Morgan fingerprint density at radius 1 is 1.12 bits per heavy atom. The molecule has 0 aromatic heterocycles. The molecule has 5 nitrogen and oxygen atoms in total. The molecule has 2 N–H and O–H groups in total. The summed E-state index contributed by atoms with van der Waals surface area (Å²) in [4.78, 5) is 24.8. The normalized spacial score (nSPS) is 14.8. The van der Waals surface area contributed by atoms with Crippen molar-refractivity contribution < 1.29 is 9.59 Å². The fraction of sp³-hybridized carbons (Fsp3) is 0.833. The van der Waals surface area contributed by atoms with Crippen molar-refractivity contribution in [2.24, 2.45) is 5.92 Å². The number of carbonyl (C=O) groups excluding carboxylic acids is 2. The second-order valence-corrected chi connectivity index (χ2v) is 4.50. The van der Waals surface area contributed by atoms with E-state index in [2.05, 4.69) is 10.6 Å². The molecule has 98 valence electrons. The van der Waals surface area contributed by atoms with Gasteiger partial charge in [-0.2, -0.15) is 0 Å². The highest BCUT2D eigenvalue weighted by Gasteiger charge is 2.22. The second kappa shape index (κ2) is 7.27.